The van der Waals surface area contributed by atoms with Gasteiger partial charge in [0.1, 0.15) is 0 Å². The molecule has 32 heavy (non-hydrogen) atoms. The van der Waals surface area contributed by atoms with Crippen LogP contribution in [0.4, 0.5) is 0 Å². The number of hydrogen-bond donors (Lipinski definition) is 2. The Morgan fingerprint density at radius 3 is 0.156 bits per heavy atom. The summed E-state index contributed by atoms with van der Waals surface area (Å²) >= 11 is 0. The van der Waals surface area contributed by atoms with Crippen LogP contribution in [0.15, 0.2) is 0 Å². The van der Waals surface area contributed by atoms with E-state index in [4.69, 9.17) is 0 Å². The predicted octanol–water partition coefficient (Wildman–Crippen LogP) is 12.0. The molecular weight excluding hydrogens is 388 g/mol. The summed E-state index contributed by atoms with van der Waals surface area (Å²) in [6.07, 6.45) is 45.0. The average Bonchev–Trinajstić information content (AvgIpc) is 2.81. The molecule has 0 spiro atoms. The fourth-order valence-electron chi connectivity index (χ4n) is 5.30. The molecule has 3 saturated carbocycles. The minimum atomic E-state index is 0. The van der Waals surface area contributed by atoms with Crippen molar-refractivity contribution in [2.45, 2.75) is 193 Å². The quantitative estimate of drug-likeness (QED) is 0.382. The lowest BCUT2D eigenvalue weighted by molar-refractivity contribution is 0.504. The third-order valence-corrected chi connectivity index (χ3v) is 7.50. The zero-order valence-electron chi connectivity index (χ0n) is 22.6. The number of hydrogen-bond acceptors (Lipinski definition) is 2. The van der Waals surface area contributed by atoms with Gasteiger partial charge in [0.15, 0.2) is 0 Å². The average molecular weight is 455 g/mol. The first-order valence-corrected chi connectivity index (χ1v) is 15.0. The SMILES string of the molecule is C1CCCCCCCCC1.C1CCCCCCCCC1.C1CCCCCCCCC1.N.N. The van der Waals surface area contributed by atoms with Gasteiger partial charge in [-0.15, -0.1) is 0 Å². The van der Waals surface area contributed by atoms with Crippen LogP contribution in [-0.2, 0) is 0 Å². The van der Waals surface area contributed by atoms with Gasteiger partial charge in [0.05, 0.1) is 0 Å². The van der Waals surface area contributed by atoms with Gasteiger partial charge < -0.3 is 12.3 Å². The standard InChI is InChI=1S/3C10H20.2H3N/c3*1-2-4-6-8-10-9-7-5-3-1;;/h3*1-10H2;2*1H3. The smallest absolute Gasteiger partial charge is 0.0533 e. The molecular formula is C30H66N2. The highest BCUT2D eigenvalue weighted by Crippen LogP contribution is 2.17. The fourth-order valence-corrected chi connectivity index (χ4v) is 5.30. The molecule has 0 heterocycles. The van der Waals surface area contributed by atoms with Crippen molar-refractivity contribution in [3.05, 3.63) is 0 Å². The summed E-state index contributed by atoms with van der Waals surface area (Å²) < 4.78 is 0. The maximum absolute atomic E-state index is 1.50. The van der Waals surface area contributed by atoms with E-state index in [2.05, 4.69) is 0 Å². The van der Waals surface area contributed by atoms with Gasteiger partial charge >= 0.3 is 0 Å². The molecule has 0 saturated heterocycles. The van der Waals surface area contributed by atoms with Crippen molar-refractivity contribution in [2.75, 3.05) is 0 Å². The summed E-state index contributed by atoms with van der Waals surface area (Å²) in [6, 6.07) is 0. The summed E-state index contributed by atoms with van der Waals surface area (Å²) in [5.74, 6) is 0. The van der Waals surface area contributed by atoms with Crippen LogP contribution in [0.1, 0.15) is 193 Å². The maximum atomic E-state index is 1.50. The normalized spacial score (nSPS) is 22.5. The molecule has 3 fully saturated rings. The van der Waals surface area contributed by atoms with E-state index in [0.717, 1.165) is 0 Å². The second-order valence-corrected chi connectivity index (χ2v) is 10.6. The minimum absolute atomic E-state index is 0. The molecule has 0 bridgehead atoms. The highest BCUT2D eigenvalue weighted by Gasteiger charge is 1.97. The third kappa shape index (κ3) is 28.0. The van der Waals surface area contributed by atoms with Gasteiger partial charge in [-0.25, -0.2) is 0 Å². The monoisotopic (exact) mass is 455 g/mol. The molecule has 6 N–H and O–H groups in total. The highest BCUT2D eigenvalue weighted by molar-refractivity contribution is 4.53. The van der Waals surface area contributed by atoms with E-state index >= 15 is 0 Å². The lowest BCUT2D eigenvalue weighted by atomic mass is 10.0. The first-order valence-electron chi connectivity index (χ1n) is 15.0. The fraction of sp³-hybridized carbons (Fsp3) is 1.00. The van der Waals surface area contributed by atoms with Crippen LogP contribution in [0.3, 0.4) is 0 Å². The van der Waals surface area contributed by atoms with Crippen molar-refractivity contribution in [3.63, 3.8) is 0 Å². The Balaban J connectivity index is 0. The second-order valence-electron chi connectivity index (χ2n) is 10.6. The summed E-state index contributed by atoms with van der Waals surface area (Å²) in [5, 5.41) is 0. The van der Waals surface area contributed by atoms with Crippen molar-refractivity contribution < 1.29 is 0 Å². The summed E-state index contributed by atoms with van der Waals surface area (Å²) in [4.78, 5) is 0. The highest BCUT2D eigenvalue weighted by atomic mass is 14.0. The van der Waals surface area contributed by atoms with Crippen LogP contribution in [0.25, 0.3) is 0 Å². The van der Waals surface area contributed by atoms with Crippen LogP contribution in [0.2, 0.25) is 0 Å². The van der Waals surface area contributed by atoms with Crippen molar-refractivity contribution >= 4 is 0 Å². The molecule has 0 radical (unpaired) electrons. The van der Waals surface area contributed by atoms with Crippen LogP contribution in [-0.4, -0.2) is 0 Å². The molecule has 0 aromatic carbocycles. The summed E-state index contributed by atoms with van der Waals surface area (Å²) in [5.41, 5.74) is 0. The zero-order chi connectivity index (χ0) is 21.2. The van der Waals surface area contributed by atoms with Gasteiger partial charge in [0, 0.05) is 0 Å². The Morgan fingerprint density at radius 2 is 0.125 bits per heavy atom. The van der Waals surface area contributed by atoms with Crippen LogP contribution >= 0.6 is 0 Å². The molecule has 3 aliphatic carbocycles. The van der Waals surface area contributed by atoms with Crippen molar-refractivity contribution in [3.8, 4) is 0 Å². The Bertz CT molecular complexity index is 158. The van der Waals surface area contributed by atoms with Crippen LogP contribution in [0.5, 0.6) is 0 Å². The van der Waals surface area contributed by atoms with Crippen LogP contribution < -0.4 is 12.3 Å². The Kier molecular flexibility index (Phi) is 32.9. The molecule has 3 rings (SSSR count). The first-order chi connectivity index (χ1) is 15.0. The van der Waals surface area contributed by atoms with Gasteiger partial charge in [0.25, 0.3) is 0 Å². The van der Waals surface area contributed by atoms with E-state index < -0.39 is 0 Å². The van der Waals surface area contributed by atoms with Crippen molar-refractivity contribution in [1.82, 2.24) is 12.3 Å². The Labute approximate surface area is 205 Å². The maximum Gasteiger partial charge on any atom is -0.0533 e. The molecule has 0 aliphatic heterocycles. The summed E-state index contributed by atoms with van der Waals surface area (Å²) in [7, 11) is 0. The molecule has 0 aromatic rings. The topological polar surface area (TPSA) is 70.0 Å². The van der Waals surface area contributed by atoms with Gasteiger partial charge in [-0.2, -0.15) is 0 Å². The van der Waals surface area contributed by atoms with Crippen molar-refractivity contribution in [2.24, 2.45) is 0 Å². The lowest BCUT2D eigenvalue weighted by Gasteiger charge is -2.05. The van der Waals surface area contributed by atoms with Crippen LogP contribution in [0, 0.1) is 0 Å². The largest absolute Gasteiger partial charge is 0.344 e. The van der Waals surface area contributed by atoms with E-state index in [1.807, 2.05) is 0 Å². The third-order valence-electron chi connectivity index (χ3n) is 7.50. The lowest BCUT2D eigenvalue weighted by Crippen LogP contribution is -1.85. The first kappa shape index (κ1) is 34.1. The molecule has 2 nitrogen and oxygen atoms in total. The predicted molar refractivity (Wildman–Crippen MR) is 149 cm³/mol. The van der Waals surface area contributed by atoms with Gasteiger partial charge in [-0.3, -0.25) is 0 Å². The summed E-state index contributed by atoms with van der Waals surface area (Å²) in [6.45, 7) is 0. The Morgan fingerprint density at radius 1 is 0.0938 bits per heavy atom. The molecule has 196 valence electrons. The minimum Gasteiger partial charge on any atom is -0.344 e. The van der Waals surface area contributed by atoms with E-state index in [1.54, 1.807) is 0 Å². The van der Waals surface area contributed by atoms with Gasteiger partial charge in [-0.05, 0) is 0 Å². The van der Waals surface area contributed by atoms with Gasteiger partial charge in [0.2, 0.25) is 0 Å². The second kappa shape index (κ2) is 30.9. The van der Waals surface area contributed by atoms with Crippen molar-refractivity contribution in [1.29, 1.82) is 0 Å². The number of rotatable bonds is 0. The Hall–Kier alpha value is -0.0800. The van der Waals surface area contributed by atoms with Gasteiger partial charge in [-0.1, -0.05) is 193 Å². The van der Waals surface area contributed by atoms with E-state index in [1.165, 1.54) is 193 Å². The molecule has 0 unspecified atom stereocenters. The molecule has 0 amide bonds. The zero-order valence-corrected chi connectivity index (χ0v) is 22.6. The van der Waals surface area contributed by atoms with E-state index in [9.17, 15) is 0 Å². The van der Waals surface area contributed by atoms with E-state index in [-0.39, 0.29) is 12.3 Å². The van der Waals surface area contributed by atoms with E-state index in [0.29, 0.717) is 0 Å². The molecule has 3 aliphatic rings. The molecule has 2 heteroatoms. The molecule has 0 aromatic heterocycles. The molecule has 0 atom stereocenters.